The molecule has 16 heavy (non-hydrogen) atoms. The first-order valence-electron chi connectivity index (χ1n) is 4.45. The largest absolute Gasteiger partial charge is 0.409 e. The van der Waals surface area contributed by atoms with Crippen molar-refractivity contribution in [1.82, 2.24) is 20.2 Å². The van der Waals surface area contributed by atoms with Gasteiger partial charge in [0.25, 0.3) is 0 Å². The van der Waals surface area contributed by atoms with Gasteiger partial charge in [0, 0.05) is 5.56 Å². The second kappa shape index (κ2) is 4.05. The fraction of sp³-hybridized carbons (Fsp3) is 0.111. The Labute approximate surface area is 90.0 Å². The first-order valence-corrected chi connectivity index (χ1v) is 4.45. The Hall–Kier alpha value is -2.31. The quantitative estimate of drug-likeness (QED) is 0.334. The molecule has 0 atom stereocenters. The Bertz CT molecular complexity index is 536. The summed E-state index contributed by atoms with van der Waals surface area (Å²) < 4.78 is 14.2. The van der Waals surface area contributed by atoms with E-state index in [4.69, 9.17) is 5.21 Å². The van der Waals surface area contributed by atoms with Gasteiger partial charge >= 0.3 is 0 Å². The third-order valence-electron chi connectivity index (χ3n) is 2.00. The molecule has 1 aromatic heterocycles. The van der Waals surface area contributed by atoms with Gasteiger partial charge in [0.2, 0.25) is 5.84 Å². The molecule has 1 N–H and O–H groups in total. The van der Waals surface area contributed by atoms with Crippen LogP contribution in [0, 0.1) is 12.7 Å². The number of hydrogen-bond acceptors (Lipinski definition) is 5. The zero-order valence-corrected chi connectivity index (χ0v) is 8.37. The van der Waals surface area contributed by atoms with E-state index < -0.39 is 5.82 Å². The second-order valence-electron chi connectivity index (χ2n) is 3.07. The van der Waals surface area contributed by atoms with Crippen molar-refractivity contribution in [2.24, 2.45) is 5.16 Å². The zero-order valence-electron chi connectivity index (χ0n) is 8.37. The number of hydrogen-bond donors (Lipinski definition) is 1. The average Bonchev–Trinajstić information content (AvgIpc) is 2.67. The molecule has 0 aliphatic rings. The van der Waals surface area contributed by atoms with Gasteiger partial charge in [-0.25, -0.2) is 4.39 Å². The number of tetrazole rings is 1. The smallest absolute Gasteiger partial charge is 0.203 e. The monoisotopic (exact) mass is 221 g/mol. The maximum absolute atomic E-state index is 13.0. The number of halogens is 1. The third-order valence-corrected chi connectivity index (χ3v) is 2.00. The lowest BCUT2D eigenvalue weighted by molar-refractivity contribution is 0.316. The molecule has 0 spiro atoms. The molecule has 0 saturated carbocycles. The standard InChI is InChI=1S/C9H8FN5O/c1-6-11-13-14-15(6)9(12-16)7-3-2-4-8(10)5-7/h2-5,16H,1H3. The lowest BCUT2D eigenvalue weighted by Crippen LogP contribution is -2.17. The Kier molecular flexibility index (Phi) is 2.59. The topological polar surface area (TPSA) is 76.2 Å². The van der Waals surface area contributed by atoms with E-state index in [1.807, 2.05) is 0 Å². The minimum absolute atomic E-state index is 0.0713. The van der Waals surface area contributed by atoms with Crippen LogP contribution in [0.15, 0.2) is 29.4 Å². The molecule has 0 radical (unpaired) electrons. The summed E-state index contributed by atoms with van der Waals surface area (Å²) in [7, 11) is 0. The van der Waals surface area contributed by atoms with Crippen molar-refractivity contribution in [3.05, 3.63) is 41.5 Å². The molecule has 1 heterocycles. The van der Waals surface area contributed by atoms with Crippen LogP contribution in [0.25, 0.3) is 0 Å². The van der Waals surface area contributed by atoms with E-state index >= 15 is 0 Å². The van der Waals surface area contributed by atoms with Crippen LogP contribution in [0.1, 0.15) is 11.4 Å². The predicted octanol–water partition coefficient (Wildman–Crippen LogP) is 0.805. The van der Waals surface area contributed by atoms with Gasteiger partial charge in [0.15, 0.2) is 5.82 Å². The van der Waals surface area contributed by atoms with Crippen molar-refractivity contribution in [2.45, 2.75) is 6.92 Å². The van der Waals surface area contributed by atoms with Gasteiger partial charge in [-0.1, -0.05) is 17.3 Å². The Morgan fingerprint density at radius 2 is 2.31 bits per heavy atom. The molecule has 0 fully saturated rings. The van der Waals surface area contributed by atoms with Crippen LogP contribution in [0.4, 0.5) is 4.39 Å². The molecule has 0 bridgehead atoms. The minimum Gasteiger partial charge on any atom is -0.409 e. The summed E-state index contributed by atoms with van der Waals surface area (Å²) >= 11 is 0. The van der Waals surface area contributed by atoms with Gasteiger partial charge in [-0.2, -0.15) is 4.68 Å². The highest BCUT2D eigenvalue weighted by Crippen LogP contribution is 2.07. The normalized spacial score (nSPS) is 11.8. The Morgan fingerprint density at radius 1 is 1.50 bits per heavy atom. The summed E-state index contributed by atoms with van der Waals surface area (Å²) in [6, 6.07) is 5.63. The summed E-state index contributed by atoms with van der Waals surface area (Å²) in [4.78, 5) is 0. The van der Waals surface area contributed by atoms with Crippen molar-refractivity contribution >= 4 is 5.84 Å². The lowest BCUT2D eigenvalue weighted by Gasteiger charge is -2.04. The number of rotatable bonds is 1. The van der Waals surface area contributed by atoms with E-state index in [9.17, 15) is 4.39 Å². The maximum atomic E-state index is 13.0. The molecule has 0 amide bonds. The van der Waals surface area contributed by atoms with E-state index in [1.165, 1.54) is 22.9 Å². The SMILES string of the molecule is Cc1nnnn1C(=NO)c1cccc(F)c1. The molecular formula is C9H8FN5O. The first kappa shape index (κ1) is 10.2. The molecule has 2 aromatic rings. The van der Waals surface area contributed by atoms with Crippen molar-refractivity contribution in [3.8, 4) is 0 Å². The highest BCUT2D eigenvalue weighted by atomic mass is 19.1. The molecule has 2 rings (SSSR count). The number of benzene rings is 1. The summed E-state index contributed by atoms with van der Waals surface area (Å²) in [6.07, 6.45) is 0. The Morgan fingerprint density at radius 3 is 2.88 bits per heavy atom. The average molecular weight is 221 g/mol. The Balaban J connectivity index is 2.50. The highest BCUT2D eigenvalue weighted by molar-refractivity contribution is 5.99. The van der Waals surface area contributed by atoms with Crippen LogP contribution < -0.4 is 0 Å². The molecule has 0 aliphatic carbocycles. The van der Waals surface area contributed by atoms with E-state index in [0.717, 1.165) is 0 Å². The molecule has 0 unspecified atom stereocenters. The third kappa shape index (κ3) is 1.74. The van der Waals surface area contributed by atoms with Gasteiger partial charge in [-0.15, -0.1) is 5.10 Å². The van der Waals surface area contributed by atoms with Crippen LogP contribution in [0.3, 0.4) is 0 Å². The molecule has 6 nitrogen and oxygen atoms in total. The molecular weight excluding hydrogens is 213 g/mol. The summed E-state index contributed by atoms with van der Waals surface area (Å²) in [5, 5.41) is 22.7. The van der Waals surface area contributed by atoms with Crippen LogP contribution in [-0.4, -0.2) is 31.3 Å². The zero-order chi connectivity index (χ0) is 11.5. The summed E-state index contributed by atoms with van der Waals surface area (Å²) in [5.74, 6) is 0.0865. The maximum Gasteiger partial charge on any atom is 0.203 e. The van der Waals surface area contributed by atoms with Crippen LogP contribution in [0.2, 0.25) is 0 Å². The number of aromatic nitrogens is 4. The van der Waals surface area contributed by atoms with Crippen LogP contribution >= 0.6 is 0 Å². The van der Waals surface area contributed by atoms with Gasteiger partial charge in [-0.3, -0.25) is 0 Å². The van der Waals surface area contributed by atoms with Gasteiger partial charge in [0.05, 0.1) is 0 Å². The number of aryl methyl sites for hydroxylation is 1. The van der Waals surface area contributed by atoms with E-state index in [1.54, 1.807) is 13.0 Å². The predicted molar refractivity (Wildman–Crippen MR) is 52.7 cm³/mol. The van der Waals surface area contributed by atoms with Gasteiger partial charge in [0.1, 0.15) is 5.82 Å². The van der Waals surface area contributed by atoms with Crippen molar-refractivity contribution in [1.29, 1.82) is 0 Å². The van der Waals surface area contributed by atoms with Crippen molar-refractivity contribution < 1.29 is 9.60 Å². The summed E-state index contributed by atoms with van der Waals surface area (Å²) in [5.41, 5.74) is 0.387. The van der Waals surface area contributed by atoms with E-state index in [0.29, 0.717) is 11.4 Å². The number of nitrogens with zero attached hydrogens (tertiary/aromatic N) is 5. The first-order chi connectivity index (χ1) is 7.72. The van der Waals surface area contributed by atoms with Gasteiger partial charge < -0.3 is 5.21 Å². The van der Waals surface area contributed by atoms with Crippen LogP contribution in [-0.2, 0) is 0 Å². The van der Waals surface area contributed by atoms with Crippen LogP contribution in [0.5, 0.6) is 0 Å². The molecule has 1 aromatic carbocycles. The second-order valence-corrected chi connectivity index (χ2v) is 3.07. The van der Waals surface area contributed by atoms with E-state index in [-0.39, 0.29) is 5.84 Å². The lowest BCUT2D eigenvalue weighted by atomic mass is 10.2. The van der Waals surface area contributed by atoms with Crippen molar-refractivity contribution in [3.63, 3.8) is 0 Å². The highest BCUT2D eigenvalue weighted by Gasteiger charge is 2.12. The fourth-order valence-electron chi connectivity index (χ4n) is 1.28. The molecule has 0 saturated heterocycles. The number of oxime groups is 1. The molecule has 7 heteroatoms. The van der Waals surface area contributed by atoms with Gasteiger partial charge in [-0.05, 0) is 29.5 Å². The molecule has 0 aliphatic heterocycles. The van der Waals surface area contributed by atoms with E-state index in [2.05, 4.69) is 20.7 Å². The van der Waals surface area contributed by atoms with Crippen molar-refractivity contribution in [2.75, 3.05) is 0 Å². The fourth-order valence-corrected chi connectivity index (χ4v) is 1.28. The minimum atomic E-state index is -0.427. The molecule has 82 valence electrons. The summed E-state index contributed by atoms with van der Waals surface area (Å²) in [6.45, 7) is 1.64.